The lowest BCUT2D eigenvalue weighted by molar-refractivity contribution is 0.0506. The van der Waals surface area contributed by atoms with E-state index in [1.165, 1.54) is 19.3 Å². The van der Waals surface area contributed by atoms with E-state index < -0.39 is 0 Å². The molecule has 3 atom stereocenters. The average molecular weight is 315 g/mol. The minimum Gasteiger partial charge on any atom is -0.377 e. The lowest BCUT2D eigenvalue weighted by Crippen LogP contribution is -2.43. The molecule has 124 valence electrons. The number of pyridine rings is 1. The molecule has 1 aromatic heterocycles. The van der Waals surface area contributed by atoms with Crippen LogP contribution in [0.25, 0.3) is 0 Å². The Balaban J connectivity index is 1.35. The van der Waals surface area contributed by atoms with Crippen molar-refractivity contribution >= 4 is 5.91 Å². The number of fused-ring (bicyclic) bond motifs is 1. The van der Waals surface area contributed by atoms with Crippen molar-refractivity contribution < 1.29 is 9.53 Å². The average Bonchev–Trinajstić information content (AvgIpc) is 3.24. The van der Waals surface area contributed by atoms with Gasteiger partial charge in [0, 0.05) is 45.2 Å². The monoisotopic (exact) mass is 315 g/mol. The van der Waals surface area contributed by atoms with E-state index in [0.29, 0.717) is 23.5 Å². The van der Waals surface area contributed by atoms with E-state index in [1.807, 2.05) is 17.0 Å². The number of rotatable bonds is 3. The van der Waals surface area contributed by atoms with Gasteiger partial charge in [0.25, 0.3) is 5.91 Å². The van der Waals surface area contributed by atoms with Crippen LogP contribution in [0.5, 0.6) is 0 Å². The maximum Gasteiger partial charge on any atom is 0.255 e. The van der Waals surface area contributed by atoms with Gasteiger partial charge in [-0.1, -0.05) is 0 Å². The first-order valence-electron chi connectivity index (χ1n) is 8.83. The molecule has 0 aromatic carbocycles. The molecule has 1 amide bonds. The lowest BCUT2D eigenvalue weighted by atomic mass is 9.88. The Kier molecular flexibility index (Phi) is 4.31. The molecule has 0 spiro atoms. The molecule has 3 saturated heterocycles. The largest absolute Gasteiger partial charge is 0.377 e. The van der Waals surface area contributed by atoms with Crippen molar-refractivity contribution in [3.8, 4) is 0 Å². The van der Waals surface area contributed by atoms with Crippen molar-refractivity contribution in [3.63, 3.8) is 0 Å². The number of carbonyl (C=O) groups is 1. The maximum absolute atomic E-state index is 12.6. The molecule has 3 aliphatic heterocycles. The first-order valence-corrected chi connectivity index (χ1v) is 8.83. The van der Waals surface area contributed by atoms with Gasteiger partial charge in [-0.05, 0) is 49.8 Å². The second-order valence-corrected chi connectivity index (χ2v) is 7.16. The molecule has 0 saturated carbocycles. The predicted octanol–water partition coefficient (Wildman–Crippen LogP) is 1.65. The number of hydrogen-bond acceptors (Lipinski definition) is 4. The van der Waals surface area contributed by atoms with Crippen molar-refractivity contribution in [2.75, 3.05) is 39.3 Å². The Morgan fingerprint density at radius 2 is 2.17 bits per heavy atom. The summed E-state index contributed by atoms with van der Waals surface area (Å²) in [4.78, 5) is 21.3. The van der Waals surface area contributed by atoms with Gasteiger partial charge in [-0.2, -0.15) is 0 Å². The standard InChI is InChI=1S/C18H25N3O2/c22-18(14-3-1-6-19-9-14)21-11-15-5-7-20(10-16(15)12-21)13-17-4-2-8-23-17/h1,3,6,9,15-17H,2,4-5,7-8,10-13H2/t15-,16+,17?/m1/s1. The van der Waals surface area contributed by atoms with Crippen LogP contribution in [0.2, 0.25) is 0 Å². The van der Waals surface area contributed by atoms with Crippen LogP contribution < -0.4 is 0 Å². The molecule has 0 aliphatic carbocycles. The molecule has 0 radical (unpaired) electrons. The SMILES string of the molecule is O=C(c1cccnc1)N1C[C@H]2CCN(CC3CCCO3)C[C@H]2C1. The first-order chi connectivity index (χ1) is 11.3. The fourth-order valence-corrected chi connectivity index (χ4v) is 4.32. The quantitative estimate of drug-likeness (QED) is 0.851. The highest BCUT2D eigenvalue weighted by Crippen LogP contribution is 2.32. The Morgan fingerprint density at radius 3 is 2.96 bits per heavy atom. The van der Waals surface area contributed by atoms with Gasteiger partial charge in [0.15, 0.2) is 0 Å². The molecule has 3 fully saturated rings. The molecule has 23 heavy (non-hydrogen) atoms. The normalized spacial score (nSPS) is 31.3. The van der Waals surface area contributed by atoms with E-state index in [2.05, 4.69) is 9.88 Å². The summed E-state index contributed by atoms with van der Waals surface area (Å²) in [6.07, 6.45) is 7.43. The summed E-state index contributed by atoms with van der Waals surface area (Å²) in [5.74, 6) is 1.42. The summed E-state index contributed by atoms with van der Waals surface area (Å²) in [7, 11) is 0. The zero-order valence-electron chi connectivity index (χ0n) is 13.6. The number of piperidine rings is 1. The van der Waals surface area contributed by atoms with Crippen LogP contribution in [0.4, 0.5) is 0 Å². The van der Waals surface area contributed by atoms with Gasteiger partial charge >= 0.3 is 0 Å². The van der Waals surface area contributed by atoms with Crippen molar-refractivity contribution in [1.29, 1.82) is 0 Å². The van der Waals surface area contributed by atoms with Crippen LogP contribution >= 0.6 is 0 Å². The molecule has 0 bridgehead atoms. The van der Waals surface area contributed by atoms with Crippen molar-refractivity contribution in [3.05, 3.63) is 30.1 Å². The third kappa shape index (κ3) is 3.26. The Labute approximate surface area is 137 Å². The highest BCUT2D eigenvalue weighted by Gasteiger charge is 2.39. The summed E-state index contributed by atoms with van der Waals surface area (Å²) in [6, 6.07) is 3.70. The topological polar surface area (TPSA) is 45.7 Å². The molecule has 4 rings (SSSR count). The summed E-state index contributed by atoms with van der Waals surface area (Å²) in [5, 5.41) is 0. The van der Waals surface area contributed by atoms with Crippen molar-refractivity contribution in [2.45, 2.75) is 25.4 Å². The number of aromatic nitrogens is 1. The number of likely N-dealkylation sites (tertiary alicyclic amines) is 2. The Bertz CT molecular complexity index is 544. The molecule has 1 aromatic rings. The van der Waals surface area contributed by atoms with E-state index in [-0.39, 0.29) is 5.91 Å². The fourth-order valence-electron chi connectivity index (χ4n) is 4.32. The highest BCUT2D eigenvalue weighted by molar-refractivity contribution is 5.94. The molecular weight excluding hydrogens is 290 g/mol. The van der Waals surface area contributed by atoms with Crippen LogP contribution in [0.3, 0.4) is 0 Å². The van der Waals surface area contributed by atoms with E-state index >= 15 is 0 Å². The maximum atomic E-state index is 12.6. The molecule has 0 N–H and O–H groups in total. The summed E-state index contributed by atoms with van der Waals surface area (Å²) >= 11 is 0. The minimum absolute atomic E-state index is 0.137. The molecular formula is C18H25N3O2. The molecule has 5 heteroatoms. The number of hydrogen-bond donors (Lipinski definition) is 0. The number of amides is 1. The van der Waals surface area contributed by atoms with Crippen LogP contribution in [0.15, 0.2) is 24.5 Å². The van der Waals surface area contributed by atoms with Gasteiger partial charge in [-0.15, -0.1) is 0 Å². The third-order valence-electron chi connectivity index (χ3n) is 5.57. The minimum atomic E-state index is 0.137. The Morgan fingerprint density at radius 1 is 1.26 bits per heavy atom. The smallest absolute Gasteiger partial charge is 0.255 e. The van der Waals surface area contributed by atoms with Crippen LogP contribution in [0.1, 0.15) is 29.6 Å². The summed E-state index contributed by atoms with van der Waals surface area (Å²) < 4.78 is 5.77. The molecule has 4 heterocycles. The van der Waals surface area contributed by atoms with Gasteiger partial charge in [-0.3, -0.25) is 9.78 Å². The van der Waals surface area contributed by atoms with Crippen LogP contribution in [-0.2, 0) is 4.74 Å². The molecule has 1 unspecified atom stereocenters. The number of nitrogens with zero attached hydrogens (tertiary/aromatic N) is 3. The van der Waals surface area contributed by atoms with Crippen LogP contribution in [0, 0.1) is 11.8 Å². The van der Waals surface area contributed by atoms with E-state index in [0.717, 1.165) is 39.3 Å². The first kappa shape index (κ1) is 15.1. The zero-order chi connectivity index (χ0) is 15.6. The van der Waals surface area contributed by atoms with Gasteiger partial charge in [0.05, 0.1) is 11.7 Å². The second kappa shape index (κ2) is 6.57. The van der Waals surface area contributed by atoms with Gasteiger partial charge in [0.1, 0.15) is 0 Å². The van der Waals surface area contributed by atoms with Gasteiger partial charge in [-0.25, -0.2) is 0 Å². The van der Waals surface area contributed by atoms with E-state index in [1.54, 1.807) is 12.4 Å². The summed E-state index contributed by atoms with van der Waals surface area (Å²) in [6.45, 7) is 6.06. The molecule has 3 aliphatic rings. The van der Waals surface area contributed by atoms with Gasteiger partial charge in [0.2, 0.25) is 0 Å². The number of carbonyl (C=O) groups excluding carboxylic acids is 1. The number of ether oxygens (including phenoxy) is 1. The highest BCUT2D eigenvalue weighted by atomic mass is 16.5. The van der Waals surface area contributed by atoms with Crippen molar-refractivity contribution in [2.24, 2.45) is 11.8 Å². The van der Waals surface area contributed by atoms with E-state index in [9.17, 15) is 4.79 Å². The zero-order valence-corrected chi connectivity index (χ0v) is 13.6. The Hall–Kier alpha value is -1.46. The van der Waals surface area contributed by atoms with Gasteiger partial charge < -0.3 is 14.5 Å². The fraction of sp³-hybridized carbons (Fsp3) is 0.667. The predicted molar refractivity (Wildman–Crippen MR) is 87.2 cm³/mol. The molecule has 5 nitrogen and oxygen atoms in total. The lowest BCUT2D eigenvalue weighted by Gasteiger charge is -2.35. The second-order valence-electron chi connectivity index (χ2n) is 7.16. The van der Waals surface area contributed by atoms with Crippen molar-refractivity contribution in [1.82, 2.24) is 14.8 Å². The third-order valence-corrected chi connectivity index (χ3v) is 5.57. The van der Waals surface area contributed by atoms with E-state index in [4.69, 9.17) is 4.74 Å². The van der Waals surface area contributed by atoms with Crippen LogP contribution in [-0.4, -0.2) is 66.1 Å². The summed E-state index contributed by atoms with van der Waals surface area (Å²) in [5.41, 5.74) is 0.711.